The van der Waals surface area contributed by atoms with E-state index >= 15 is 0 Å². The normalized spacial score (nSPS) is 10.4. The average molecular weight is 223 g/mol. The van der Waals surface area contributed by atoms with Crippen LogP contribution in [0, 0.1) is 6.92 Å². The Bertz CT molecular complexity index is 274. The van der Waals surface area contributed by atoms with Crippen LogP contribution in [0.15, 0.2) is 12.1 Å². The minimum Gasteiger partial charge on any atom is -0.381 e. The Kier molecular flexibility index (Phi) is 6.49. The molecule has 1 aromatic heterocycles. The fraction of sp³-hybridized carbons (Fsp3) is 0.667. The highest BCUT2D eigenvalue weighted by Crippen LogP contribution is 2.00. The first-order valence-corrected chi connectivity index (χ1v) is 5.95. The van der Waals surface area contributed by atoms with Crippen molar-refractivity contribution in [1.82, 2.24) is 10.2 Å². The summed E-state index contributed by atoms with van der Waals surface area (Å²) in [5.74, 6) is 0.833. The lowest BCUT2D eigenvalue weighted by atomic mass is 10.3. The van der Waals surface area contributed by atoms with E-state index in [9.17, 15) is 0 Å². The Morgan fingerprint density at radius 3 is 2.69 bits per heavy atom. The van der Waals surface area contributed by atoms with E-state index in [4.69, 9.17) is 4.74 Å². The quantitative estimate of drug-likeness (QED) is 0.687. The number of hydrogen-bond donors (Lipinski definition) is 1. The molecule has 0 saturated carbocycles. The maximum absolute atomic E-state index is 5.46. The van der Waals surface area contributed by atoms with Crippen molar-refractivity contribution in [3.8, 4) is 0 Å². The van der Waals surface area contributed by atoms with Crippen molar-refractivity contribution in [3.63, 3.8) is 0 Å². The number of ether oxygens (including phenoxy) is 1. The number of aryl methyl sites for hydroxylation is 1. The summed E-state index contributed by atoms with van der Waals surface area (Å²) in [6.45, 7) is 6.66. The summed E-state index contributed by atoms with van der Waals surface area (Å²) in [5.41, 5.74) is 0.938. The Balaban J connectivity index is 2.01. The van der Waals surface area contributed by atoms with Gasteiger partial charge in [-0.1, -0.05) is 13.3 Å². The van der Waals surface area contributed by atoms with Crippen molar-refractivity contribution < 1.29 is 4.74 Å². The smallest absolute Gasteiger partial charge is 0.148 e. The molecule has 0 spiro atoms. The Morgan fingerprint density at radius 1 is 1.19 bits per heavy atom. The average Bonchev–Trinajstić information content (AvgIpc) is 2.30. The first-order chi connectivity index (χ1) is 7.83. The summed E-state index contributed by atoms with van der Waals surface area (Å²) in [6, 6.07) is 3.90. The number of unbranched alkanes of at least 4 members (excludes halogenated alkanes) is 1. The molecule has 0 unspecified atom stereocenters. The van der Waals surface area contributed by atoms with Gasteiger partial charge in [0, 0.05) is 19.8 Å². The lowest BCUT2D eigenvalue weighted by Crippen LogP contribution is -2.08. The van der Waals surface area contributed by atoms with Gasteiger partial charge in [-0.3, -0.25) is 0 Å². The standard InChI is InChI=1S/C12H21N3O/c1-3-4-9-16-10-5-8-13-12-7-6-11(2)14-15-12/h6-7H,3-5,8-10H2,1-2H3,(H,13,15). The molecular weight excluding hydrogens is 202 g/mol. The minimum absolute atomic E-state index is 0.812. The lowest BCUT2D eigenvalue weighted by Gasteiger charge is -2.05. The lowest BCUT2D eigenvalue weighted by molar-refractivity contribution is 0.131. The zero-order valence-electron chi connectivity index (χ0n) is 10.2. The third-order valence-electron chi connectivity index (χ3n) is 2.21. The Labute approximate surface area is 97.4 Å². The third-order valence-corrected chi connectivity index (χ3v) is 2.21. The van der Waals surface area contributed by atoms with E-state index in [1.165, 1.54) is 6.42 Å². The predicted octanol–water partition coefficient (Wildman–Crippen LogP) is 2.40. The zero-order valence-corrected chi connectivity index (χ0v) is 10.2. The predicted molar refractivity (Wildman–Crippen MR) is 65.6 cm³/mol. The molecule has 16 heavy (non-hydrogen) atoms. The topological polar surface area (TPSA) is 47.0 Å². The first kappa shape index (κ1) is 12.9. The van der Waals surface area contributed by atoms with Crippen LogP contribution in [0.4, 0.5) is 5.82 Å². The van der Waals surface area contributed by atoms with Crippen molar-refractivity contribution in [2.75, 3.05) is 25.1 Å². The molecule has 1 N–H and O–H groups in total. The van der Waals surface area contributed by atoms with Gasteiger partial charge in [-0.25, -0.2) is 0 Å². The molecule has 0 atom stereocenters. The van der Waals surface area contributed by atoms with Crippen molar-refractivity contribution in [1.29, 1.82) is 0 Å². The van der Waals surface area contributed by atoms with Crippen molar-refractivity contribution in [3.05, 3.63) is 17.8 Å². The second kappa shape index (κ2) is 8.05. The highest BCUT2D eigenvalue weighted by molar-refractivity contribution is 5.32. The minimum atomic E-state index is 0.812. The van der Waals surface area contributed by atoms with E-state index in [1.54, 1.807) is 0 Å². The van der Waals surface area contributed by atoms with Gasteiger partial charge in [0.1, 0.15) is 5.82 Å². The van der Waals surface area contributed by atoms with Gasteiger partial charge in [0.2, 0.25) is 0 Å². The number of rotatable bonds is 8. The molecule has 0 aliphatic carbocycles. The molecule has 0 radical (unpaired) electrons. The van der Waals surface area contributed by atoms with E-state index in [0.717, 1.165) is 44.1 Å². The van der Waals surface area contributed by atoms with Crippen LogP contribution in [0.3, 0.4) is 0 Å². The number of anilines is 1. The van der Waals surface area contributed by atoms with E-state index in [0.29, 0.717) is 0 Å². The third kappa shape index (κ3) is 5.66. The molecule has 0 aliphatic rings. The molecule has 0 aliphatic heterocycles. The molecule has 4 heteroatoms. The number of nitrogens with zero attached hydrogens (tertiary/aromatic N) is 2. The Morgan fingerprint density at radius 2 is 2.00 bits per heavy atom. The van der Waals surface area contributed by atoms with E-state index in [1.807, 2.05) is 19.1 Å². The van der Waals surface area contributed by atoms with Crippen LogP contribution in [0.1, 0.15) is 31.9 Å². The number of aromatic nitrogens is 2. The summed E-state index contributed by atoms with van der Waals surface area (Å²) in [4.78, 5) is 0. The van der Waals surface area contributed by atoms with Gasteiger partial charge in [0.05, 0.1) is 5.69 Å². The van der Waals surface area contributed by atoms with E-state index < -0.39 is 0 Å². The summed E-state index contributed by atoms with van der Waals surface area (Å²) in [5, 5.41) is 11.2. The van der Waals surface area contributed by atoms with Gasteiger partial charge in [-0.2, -0.15) is 5.10 Å². The summed E-state index contributed by atoms with van der Waals surface area (Å²) in [7, 11) is 0. The van der Waals surface area contributed by atoms with Gasteiger partial charge in [0.25, 0.3) is 0 Å². The van der Waals surface area contributed by atoms with Crippen LogP contribution in [0.25, 0.3) is 0 Å². The first-order valence-electron chi connectivity index (χ1n) is 5.95. The zero-order chi connectivity index (χ0) is 11.6. The van der Waals surface area contributed by atoms with Gasteiger partial charge in [0.15, 0.2) is 0 Å². The van der Waals surface area contributed by atoms with Gasteiger partial charge < -0.3 is 10.1 Å². The molecule has 4 nitrogen and oxygen atoms in total. The SMILES string of the molecule is CCCCOCCCNc1ccc(C)nn1. The van der Waals surface area contributed by atoms with Crippen molar-refractivity contribution in [2.45, 2.75) is 33.1 Å². The van der Waals surface area contributed by atoms with Crippen LogP contribution in [-0.2, 0) is 4.74 Å². The summed E-state index contributed by atoms with van der Waals surface area (Å²) < 4.78 is 5.46. The highest BCUT2D eigenvalue weighted by atomic mass is 16.5. The molecule has 0 saturated heterocycles. The van der Waals surface area contributed by atoms with Crippen LogP contribution in [0.2, 0.25) is 0 Å². The fourth-order valence-corrected chi connectivity index (χ4v) is 1.23. The van der Waals surface area contributed by atoms with Crippen molar-refractivity contribution >= 4 is 5.82 Å². The maximum Gasteiger partial charge on any atom is 0.148 e. The van der Waals surface area contributed by atoms with Gasteiger partial charge in [-0.15, -0.1) is 5.10 Å². The molecule has 1 rings (SSSR count). The maximum atomic E-state index is 5.46. The van der Waals surface area contributed by atoms with Crippen LogP contribution in [0.5, 0.6) is 0 Å². The van der Waals surface area contributed by atoms with E-state index in [2.05, 4.69) is 22.4 Å². The van der Waals surface area contributed by atoms with E-state index in [-0.39, 0.29) is 0 Å². The molecule has 0 fully saturated rings. The molecule has 1 heterocycles. The monoisotopic (exact) mass is 223 g/mol. The summed E-state index contributed by atoms with van der Waals surface area (Å²) >= 11 is 0. The molecule has 0 bridgehead atoms. The highest BCUT2D eigenvalue weighted by Gasteiger charge is 1.94. The largest absolute Gasteiger partial charge is 0.381 e. The van der Waals surface area contributed by atoms with Gasteiger partial charge in [-0.05, 0) is 31.9 Å². The summed E-state index contributed by atoms with van der Waals surface area (Å²) in [6.07, 6.45) is 3.34. The van der Waals surface area contributed by atoms with Crippen molar-refractivity contribution in [2.24, 2.45) is 0 Å². The molecular formula is C12H21N3O. The number of nitrogens with one attached hydrogen (secondary N) is 1. The molecule has 0 amide bonds. The van der Waals surface area contributed by atoms with Crippen LogP contribution in [-0.4, -0.2) is 30.0 Å². The van der Waals surface area contributed by atoms with Crippen LogP contribution >= 0.6 is 0 Å². The van der Waals surface area contributed by atoms with Crippen LogP contribution < -0.4 is 5.32 Å². The fourth-order valence-electron chi connectivity index (χ4n) is 1.23. The second-order valence-electron chi connectivity index (χ2n) is 3.81. The van der Waals surface area contributed by atoms with Gasteiger partial charge >= 0.3 is 0 Å². The molecule has 90 valence electrons. The molecule has 0 aromatic carbocycles. The molecule has 1 aromatic rings. The second-order valence-corrected chi connectivity index (χ2v) is 3.81. The number of hydrogen-bond acceptors (Lipinski definition) is 4. The Hall–Kier alpha value is -1.16.